The van der Waals surface area contributed by atoms with Crippen LogP contribution in [0.2, 0.25) is 0 Å². The largest absolute Gasteiger partial charge is 1.00 e. The standard InChI is InChI=1S/2C32H68N.2C16H35O4P.2BrH/c2*1-5-9-13-17-21-25-29-33(30-26-22-18-14-10-6-2,31-27-23-19-15-11-7-3)32-28-24-20-16-12-8-4;2*1-5-9-11-15(7-3)13-19-21(17,18)20-14-16(8-4)12-10-6-2;;/h2*5-32H2,1-4H3;2*15-16H,5-14H2,1-4H3,(H,17,18);2*1H/q2*+1;;;;/p-1. The SMILES string of the molecule is Br.CCCCC(CC)COP(=O)(O)OCC(CC)CCCC.CCCCC(CC)COP(=O)(O)OCC(CC)CCCC.CCCCCCCC[N+](CCCCCCCC)(CCCCCCCC)CCCCCCCC.CCCCCCCC[N+](CCCCCCCC)(CCCCCCCC)CCCCCCCC.[Br-]. The van der Waals surface area contributed by atoms with Crippen LogP contribution in [-0.2, 0) is 27.2 Å². The first kappa shape index (κ1) is 122. The number of hydrogen-bond acceptors (Lipinski definition) is 6. The van der Waals surface area contributed by atoms with Crippen LogP contribution >= 0.6 is 32.6 Å². The van der Waals surface area contributed by atoms with E-state index in [-0.39, 0.29) is 34.0 Å². The van der Waals surface area contributed by atoms with E-state index in [2.05, 4.69) is 111 Å². The third kappa shape index (κ3) is 86.9. The molecular weight excluding hydrogens is 1530 g/mol. The Morgan fingerprint density at radius 3 is 0.445 bits per heavy atom. The van der Waals surface area contributed by atoms with Gasteiger partial charge in [0.25, 0.3) is 0 Å². The Balaban J connectivity index is -0.000000333. The van der Waals surface area contributed by atoms with Gasteiger partial charge in [-0.2, -0.15) is 0 Å². The molecule has 110 heavy (non-hydrogen) atoms. The Morgan fingerprint density at radius 2 is 0.327 bits per heavy atom. The van der Waals surface area contributed by atoms with Gasteiger partial charge in [0, 0.05) is 0 Å². The van der Waals surface area contributed by atoms with Crippen LogP contribution < -0.4 is 17.0 Å². The molecule has 0 saturated carbocycles. The first-order valence-electron chi connectivity index (χ1n) is 49.4. The van der Waals surface area contributed by atoms with Crippen LogP contribution in [0.25, 0.3) is 0 Å². The van der Waals surface area contributed by atoms with E-state index in [1.54, 1.807) is 0 Å². The maximum atomic E-state index is 11.9. The highest BCUT2D eigenvalue weighted by Gasteiger charge is 2.29. The molecule has 0 bridgehead atoms. The number of hydrogen-bond donors (Lipinski definition) is 2. The predicted octanol–water partition coefficient (Wildman–Crippen LogP) is 31.2. The highest BCUT2D eigenvalue weighted by atomic mass is 79.9. The van der Waals surface area contributed by atoms with E-state index in [1.807, 2.05) is 0 Å². The number of rotatable bonds is 84. The fourth-order valence-corrected chi connectivity index (χ4v) is 17.4. The summed E-state index contributed by atoms with van der Waals surface area (Å²) in [4.78, 5) is 19.5. The summed E-state index contributed by atoms with van der Waals surface area (Å²) in [5, 5.41) is 0. The second-order valence-electron chi connectivity index (χ2n) is 34.4. The van der Waals surface area contributed by atoms with Crippen LogP contribution in [0.15, 0.2) is 0 Å². The van der Waals surface area contributed by atoms with Gasteiger partial charge >= 0.3 is 15.6 Å². The van der Waals surface area contributed by atoms with Gasteiger partial charge in [0.05, 0.1) is 78.8 Å². The predicted molar refractivity (Wildman–Crippen MR) is 493 cm³/mol. The molecule has 0 amide bonds. The number of unbranched alkanes of at least 4 members (excludes halogenated alkanes) is 44. The zero-order valence-corrected chi connectivity index (χ0v) is 83.1. The molecule has 0 fully saturated rings. The minimum absolute atomic E-state index is 0. The molecule has 0 spiro atoms. The highest BCUT2D eigenvalue weighted by molar-refractivity contribution is 8.93. The van der Waals surface area contributed by atoms with Crippen molar-refractivity contribution in [1.29, 1.82) is 0 Å². The van der Waals surface area contributed by atoms with Gasteiger partial charge in [-0.15, -0.1) is 17.0 Å². The van der Waals surface area contributed by atoms with Crippen molar-refractivity contribution in [2.75, 3.05) is 78.8 Å². The Bertz CT molecular complexity index is 1480. The molecule has 0 rings (SSSR count). The molecule has 0 saturated heterocycles. The van der Waals surface area contributed by atoms with Crippen molar-refractivity contribution in [1.82, 2.24) is 0 Å². The Hall–Kier alpha value is 1.10. The van der Waals surface area contributed by atoms with Crippen LogP contribution in [0.5, 0.6) is 0 Å². The first-order valence-corrected chi connectivity index (χ1v) is 52.4. The van der Waals surface area contributed by atoms with Crippen molar-refractivity contribution in [3.05, 3.63) is 0 Å². The fraction of sp³-hybridized carbons (Fsp3) is 1.00. The summed E-state index contributed by atoms with van der Waals surface area (Å²) in [6.07, 6.45) is 86.7. The number of halogens is 2. The molecule has 0 aromatic heterocycles. The molecule has 0 aromatic rings. The molecule has 0 aliphatic heterocycles. The maximum absolute atomic E-state index is 11.9. The van der Waals surface area contributed by atoms with Gasteiger partial charge in [-0.25, -0.2) is 9.13 Å². The average Bonchev–Trinajstić information content (AvgIpc) is 0.872. The zero-order valence-electron chi connectivity index (χ0n) is 78.0. The molecule has 672 valence electrons. The molecule has 4 atom stereocenters. The second kappa shape index (κ2) is 95.6. The van der Waals surface area contributed by atoms with Crippen molar-refractivity contribution in [3.8, 4) is 0 Å². The number of quaternary nitrogens is 2. The second-order valence-corrected chi connectivity index (χ2v) is 37.3. The summed E-state index contributed by atoms with van der Waals surface area (Å²) < 4.78 is 47.4. The van der Waals surface area contributed by atoms with Crippen molar-refractivity contribution in [2.45, 2.75) is 522 Å². The summed E-state index contributed by atoms with van der Waals surface area (Å²) in [5.74, 6) is 1.37. The number of phosphoric ester groups is 2. The Labute approximate surface area is 715 Å². The quantitative estimate of drug-likeness (QED) is 0.0352. The normalized spacial score (nSPS) is 13.8. The highest BCUT2D eigenvalue weighted by Crippen LogP contribution is 2.46. The van der Waals surface area contributed by atoms with E-state index in [4.69, 9.17) is 18.1 Å². The lowest BCUT2D eigenvalue weighted by Gasteiger charge is -2.40. The van der Waals surface area contributed by atoms with Crippen molar-refractivity contribution in [3.63, 3.8) is 0 Å². The summed E-state index contributed by atoms with van der Waals surface area (Å²) in [7, 11) is -7.78. The maximum Gasteiger partial charge on any atom is 0.472 e. The van der Waals surface area contributed by atoms with Gasteiger partial charge in [0.1, 0.15) is 0 Å². The third-order valence-corrected chi connectivity index (χ3v) is 25.9. The smallest absolute Gasteiger partial charge is 0.472 e. The monoisotopic (exact) mass is 1740 g/mol. The number of nitrogens with zero attached hydrogens (tertiary/aromatic N) is 2. The lowest BCUT2D eigenvalue weighted by atomic mass is 10.0. The van der Waals surface area contributed by atoms with Crippen LogP contribution in [0, 0.1) is 23.7 Å². The molecule has 14 heteroatoms. The van der Waals surface area contributed by atoms with Gasteiger partial charge in [-0.1, -0.05) is 393 Å². The minimum Gasteiger partial charge on any atom is -1.00 e. The topological polar surface area (TPSA) is 112 Å². The molecular formula is C96H207Br2N2O8P2+. The van der Waals surface area contributed by atoms with E-state index >= 15 is 0 Å². The third-order valence-electron chi connectivity index (χ3n) is 24.0. The molecule has 0 aliphatic carbocycles. The minimum atomic E-state index is -3.89. The van der Waals surface area contributed by atoms with Crippen molar-refractivity contribution in [2.24, 2.45) is 23.7 Å². The molecule has 0 radical (unpaired) electrons. The fourth-order valence-electron chi connectivity index (χ4n) is 15.6. The molecule has 0 aliphatic rings. The molecule has 2 N–H and O–H groups in total. The van der Waals surface area contributed by atoms with E-state index in [0.717, 1.165) is 103 Å². The Morgan fingerprint density at radius 1 is 0.209 bits per heavy atom. The summed E-state index contributed by atoms with van der Waals surface area (Å²) in [5.41, 5.74) is 0. The Kier molecular flexibility index (Phi) is 106. The molecule has 10 nitrogen and oxygen atoms in total. The molecule has 0 aromatic carbocycles. The van der Waals surface area contributed by atoms with Gasteiger partial charge in [-0.3, -0.25) is 18.1 Å². The molecule has 4 unspecified atom stereocenters. The lowest BCUT2D eigenvalue weighted by molar-refractivity contribution is -0.929. The van der Waals surface area contributed by atoms with E-state index in [1.165, 1.54) is 370 Å². The van der Waals surface area contributed by atoms with Crippen LogP contribution in [0.4, 0.5) is 0 Å². The van der Waals surface area contributed by atoms with Crippen LogP contribution in [0.3, 0.4) is 0 Å². The van der Waals surface area contributed by atoms with Gasteiger partial charge in [-0.05, 0) is 152 Å². The average molecular weight is 1740 g/mol. The van der Waals surface area contributed by atoms with E-state index < -0.39 is 15.6 Å². The number of phosphoric acid groups is 2. The van der Waals surface area contributed by atoms with Crippen molar-refractivity contribution < 1.29 is 63.0 Å². The van der Waals surface area contributed by atoms with Crippen molar-refractivity contribution >= 4 is 32.6 Å². The van der Waals surface area contributed by atoms with E-state index in [0.29, 0.717) is 50.1 Å². The summed E-state index contributed by atoms with van der Waals surface area (Å²) in [6, 6.07) is 0. The summed E-state index contributed by atoms with van der Waals surface area (Å²) in [6.45, 7) is 48.7. The van der Waals surface area contributed by atoms with Crippen LogP contribution in [0.1, 0.15) is 522 Å². The van der Waals surface area contributed by atoms with Gasteiger partial charge in [0.2, 0.25) is 0 Å². The lowest BCUT2D eigenvalue weighted by Crippen LogP contribution is -3.00. The van der Waals surface area contributed by atoms with Crippen LogP contribution in [-0.4, -0.2) is 97.5 Å². The van der Waals surface area contributed by atoms with Gasteiger partial charge < -0.3 is 35.7 Å². The zero-order chi connectivity index (χ0) is 80.9. The first-order chi connectivity index (χ1) is 52.5. The van der Waals surface area contributed by atoms with E-state index in [9.17, 15) is 18.9 Å². The summed E-state index contributed by atoms with van der Waals surface area (Å²) >= 11 is 0. The van der Waals surface area contributed by atoms with Gasteiger partial charge in [0.15, 0.2) is 0 Å². The molecule has 0 heterocycles.